The van der Waals surface area contributed by atoms with Crippen LogP contribution in [0.2, 0.25) is 0 Å². The Morgan fingerprint density at radius 1 is 1.40 bits per heavy atom. The summed E-state index contributed by atoms with van der Waals surface area (Å²) < 4.78 is 1.77. The second-order valence-corrected chi connectivity index (χ2v) is 6.54. The summed E-state index contributed by atoms with van der Waals surface area (Å²) in [6, 6.07) is 0. The van der Waals surface area contributed by atoms with Crippen molar-refractivity contribution >= 4 is 17.3 Å². The third-order valence-corrected chi connectivity index (χ3v) is 4.90. The summed E-state index contributed by atoms with van der Waals surface area (Å²) in [7, 11) is 1.88. The van der Waals surface area contributed by atoms with Crippen LogP contribution < -0.4 is 0 Å². The number of hydrogen-bond acceptors (Lipinski definition) is 5. The minimum absolute atomic E-state index is 0.0348. The molecule has 0 fully saturated rings. The van der Waals surface area contributed by atoms with Crippen LogP contribution in [0.25, 0.3) is 0 Å². The molecule has 130 valence electrons. The highest BCUT2D eigenvalue weighted by Crippen LogP contribution is 2.25. The first-order chi connectivity index (χ1) is 12.1. The van der Waals surface area contributed by atoms with Crippen LogP contribution in [-0.2, 0) is 24.8 Å². The molecule has 2 aromatic heterocycles. The largest absolute Gasteiger partial charge is 0.347 e. The van der Waals surface area contributed by atoms with E-state index in [4.69, 9.17) is 0 Å². The Bertz CT molecular complexity index is 889. The number of fused-ring (bicyclic) bond motifs is 1. The Labute approximate surface area is 145 Å². The maximum Gasteiger partial charge on any atom is 0.271 e. The number of hydrogen-bond donors (Lipinski definition) is 1. The number of nitrogens with one attached hydrogen (secondary N) is 1. The molecule has 2 aromatic rings. The number of carbonyl (C=O) groups excluding carboxylic acids is 1. The molecule has 0 bridgehead atoms. The fourth-order valence-corrected chi connectivity index (χ4v) is 3.60. The van der Waals surface area contributed by atoms with Gasteiger partial charge in [-0.25, -0.2) is 4.98 Å². The van der Waals surface area contributed by atoms with Gasteiger partial charge in [-0.2, -0.15) is 10.2 Å². The molecule has 4 heterocycles. The zero-order valence-electron chi connectivity index (χ0n) is 14.7. The Kier molecular flexibility index (Phi) is 3.74. The molecule has 0 aromatic carbocycles. The van der Waals surface area contributed by atoms with E-state index in [9.17, 15) is 4.79 Å². The molecular formula is C17H21N7O. The molecule has 0 saturated carbocycles. The molecule has 1 amide bonds. The van der Waals surface area contributed by atoms with Gasteiger partial charge in [0.2, 0.25) is 0 Å². The summed E-state index contributed by atoms with van der Waals surface area (Å²) in [6.07, 6.45) is 5.18. The van der Waals surface area contributed by atoms with Crippen molar-refractivity contribution in [3.05, 3.63) is 35.2 Å². The first-order valence-electron chi connectivity index (χ1n) is 8.55. The highest BCUT2D eigenvalue weighted by Gasteiger charge is 2.36. The number of carbonyl (C=O) groups is 1. The van der Waals surface area contributed by atoms with E-state index in [1.807, 2.05) is 25.1 Å². The highest BCUT2D eigenvalue weighted by atomic mass is 16.2. The Morgan fingerprint density at radius 2 is 2.24 bits per heavy atom. The highest BCUT2D eigenvalue weighted by molar-refractivity contribution is 6.45. The molecule has 8 heteroatoms. The van der Waals surface area contributed by atoms with E-state index < -0.39 is 0 Å². The predicted molar refractivity (Wildman–Crippen MR) is 93.4 cm³/mol. The van der Waals surface area contributed by atoms with Crippen molar-refractivity contribution in [2.45, 2.75) is 33.2 Å². The summed E-state index contributed by atoms with van der Waals surface area (Å²) in [5.74, 6) is -0.119. The van der Waals surface area contributed by atoms with Gasteiger partial charge in [0.15, 0.2) is 0 Å². The van der Waals surface area contributed by atoms with Crippen molar-refractivity contribution < 1.29 is 4.79 Å². The van der Waals surface area contributed by atoms with Crippen LogP contribution in [0, 0.1) is 12.8 Å². The molecule has 0 spiro atoms. The minimum atomic E-state index is -0.0847. The van der Waals surface area contributed by atoms with Crippen LogP contribution in [-0.4, -0.2) is 48.5 Å². The van der Waals surface area contributed by atoms with Gasteiger partial charge < -0.3 is 9.88 Å². The van der Waals surface area contributed by atoms with Crippen LogP contribution in [0.15, 0.2) is 22.7 Å². The number of H-pyrrole nitrogens is 1. The second-order valence-electron chi connectivity index (χ2n) is 6.54. The monoisotopic (exact) mass is 339 g/mol. The summed E-state index contributed by atoms with van der Waals surface area (Å²) >= 11 is 0. The summed E-state index contributed by atoms with van der Waals surface area (Å²) in [5.41, 5.74) is 5.31. The van der Waals surface area contributed by atoms with Crippen molar-refractivity contribution in [2.24, 2.45) is 23.2 Å². The van der Waals surface area contributed by atoms with E-state index in [1.165, 1.54) is 0 Å². The third kappa shape index (κ3) is 2.57. The van der Waals surface area contributed by atoms with Crippen molar-refractivity contribution in [3.63, 3.8) is 0 Å². The van der Waals surface area contributed by atoms with E-state index >= 15 is 0 Å². The lowest BCUT2D eigenvalue weighted by Crippen LogP contribution is -2.43. The zero-order valence-corrected chi connectivity index (χ0v) is 14.7. The van der Waals surface area contributed by atoms with E-state index in [-0.39, 0.29) is 11.8 Å². The smallest absolute Gasteiger partial charge is 0.271 e. The molecule has 2 aliphatic rings. The number of aromatic amines is 1. The maximum atomic E-state index is 13.0. The van der Waals surface area contributed by atoms with Crippen LogP contribution in [0.1, 0.15) is 36.0 Å². The number of amides is 1. The lowest BCUT2D eigenvalue weighted by Gasteiger charge is -2.27. The maximum absolute atomic E-state index is 13.0. The van der Waals surface area contributed by atoms with Gasteiger partial charge in [-0.3, -0.25) is 9.48 Å². The van der Waals surface area contributed by atoms with Gasteiger partial charge in [-0.1, -0.05) is 6.92 Å². The van der Waals surface area contributed by atoms with Crippen molar-refractivity contribution in [3.8, 4) is 0 Å². The molecule has 1 atom stereocenters. The molecule has 1 N–H and O–H groups in total. The van der Waals surface area contributed by atoms with Crippen LogP contribution in [0.3, 0.4) is 0 Å². The van der Waals surface area contributed by atoms with Crippen molar-refractivity contribution in [2.75, 3.05) is 6.54 Å². The second kappa shape index (κ2) is 5.94. The van der Waals surface area contributed by atoms with E-state index in [0.29, 0.717) is 18.8 Å². The van der Waals surface area contributed by atoms with Gasteiger partial charge >= 0.3 is 0 Å². The van der Waals surface area contributed by atoms with Gasteiger partial charge in [0, 0.05) is 31.8 Å². The number of imidazole rings is 1. The lowest BCUT2D eigenvalue weighted by molar-refractivity contribution is -0.125. The average Bonchev–Trinajstić information content (AvgIpc) is 3.30. The van der Waals surface area contributed by atoms with Gasteiger partial charge in [0.1, 0.15) is 5.71 Å². The summed E-state index contributed by atoms with van der Waals surface area (Å²) in [6.45, 7) is 5.22. The fraction of sp³-hybridized carbons (Fsp3) is 0.471. The quantitative estimate of drug-likeness (QED) is 0.911. The molecule has 0 aliphatic carbocycles. The third-order valence-electron chi connectivity index (χ3n) is 4.90. The van der Waals surface area contributed by atoms with E-state index in [0.717, 1.165) is 41.2 Å². The molecule has 0 saturated heterocycles. The molecule has 4 rings (SSSR count). The van der Waals surface area contributed by atoms with Gasteiger partial charge in [0.25, 0.3) is 5.91 Å². The molecule has 8 nitrogen and oxygen atoms in total. The first kappa shape index (κ1) is 15.7. The van der Waals surface area contributed by atoms with Crippen molar-refractivity contribution in [1.29, 1.82) is 0 Å². The Morgan fingerprint density at radius 3 is 2.96 bits per heavy atom. The standard InChI is InChI=1S/C17H21N7O/c1-4-11-15(12-7-23(3)22-10(12)2)20-21-16(11)17(25)24-6-5-13-14(8-24)19-9-18-13/h7,9,11H,4-6,8H2,1-3H3,(H,18,19). The number of rotatable bonds is 3. The van der Waals surface area contributed by atoms with Gasteiger partial charge in [-0.15, -0.1) is 5.10 Å². The number of nitrogens with zero attached hydrogens (tertiary/aromatic N) is 6. The molecular weight excluding hydrogens is 318 g/mol. The first-order valence-corrected chi connectivity index (χ1v) is 8.55. The zero-order chi connectivity index (χ0) is 17.6. The molecule has 25 heavy (non-hydrogen) atoms. The number of aryl methyl sites for hydroxylation is 2. The van der Waals surface area contributed by atoms with Crippen LogP contribution >= 0.6 is 0 Å². The van der Waals surface area contributed by atoms with E-state index in [1.54, 1.807) is 11.0 Å². The summed E-state index contributed by atoms with van der Waals surface area (Å²) in [5, 5.41) is 13.0. The van der Waals surface area contributed by atoms with Gasteiger partial charge in [0.05, 0.1) is 41.6 Å². The molecule has 2 aliphatic heterocycles. The minimum Gasteiger partial charge on any atom is -0.347 e. The van der Waals surface area contributed by atoms with Gasteiger partial charge in [-0.05, 0) is 13.3 Å². The average molecular weight is 339 g/mol. The molecule has 1 unspecified atom stereocenters. The summed E-state index contributed by atoms with van der Waals surface area (Å²) in [4.78, 5) is 22.3. The number of aromatic nitrogens is 4. The Balaban J connectivity index is 1.56. The fourth-order valence-electron chi connectivity index (χ4n) is 3.60. The van der Waals surface area contributed by atoms with Crippen LogP contribution in [0.5, 0.6) is 0 Å². The lowest BCUT2D eigenvalue weighted by atomic mass is 9.90. The predicted octanol–water partition coefficient (Wildman–Crippen LogP) is 1.22. The van der Waals surface area contributed by atoms with E-state index in [2.05, 4.69) is 32.2 Å². The normalized spacial score (nSPS) is 19.6. The van der Waals surface area contributed by atoms with Crippen LogP contribution in [0.4, 0.5) is 0 Å². The topological polar surface area (TPSA) is 91.5 Å². The SMILES string of the molecule is CCC1C(C(=O)N2CCc3nc[nH]c3C2)=NN=C1c1cn(C)nc1C. The Hall–Kier alpha value is -2.77. The van der Waals surface area contributed by atoms with Crippen molar-refractivity contribution in [1.82, 2.24) is 24.6 Å². The molecule has 0 radical (unpaired) electrons.